The normalized spacial score (nSPS) is 22.4. The van der Waals surface area contributed by atoms with Gasteiger partial charge in [-0.15, -0.1) is 5.41 Å². The summed E-state index contributed by atoms with van der Waals surface area (Å²) in [6, 6.07) is 0. The Hall–Kier alpha value is 1.32. The summed E-state index contributed by atoms with van der Waals surface area (Å²) < 4.78 is 0. The predicted molar refractivity (Wildman–Crippen MR) is 42.0 cm³/mol. The first-order valence-corrected chi connectivity index (χ1v) is 4.31. The molecule has 0 aliphatic heterocycles. The zero-order valence-corrected chi connectivity index (χ0v) is 11.0. The first-order valence-electron chi connectivity index (χ1n) is 4.31. The summed E-state index contributed by atoms with van der Waals surface area (Å²) in [4.78, 5) is 0. The van der Waals surface area contributed by atoms with Crippen molar-refractivity contribution in [2.45, 2.75) is 45.4 Å². The van der Waals surface area contributed by atoms with Crippen molar-refractivity contribution in [3.05, 3.63) is 6.61 Å². The van der Waals surface area contributed by atoms with Crippen molar-refractivity contribution in [3.63, 3.8) is 0 Å². The summed E-state index contributed by atoms with van der Waals surface area (Å²) in [5, 5.41) is 9.02. The first kappa shape index (κ1) is 12.3. The molecule has 0 heterocycles. The molecule has 1 nitrogen and oxygen atoms in total. The number of aliphatic hydroxyl groups excluding tert-OH is 1. The van der Waals surface area contributed by atoms with Crippen molar-refractivity contribution < 1.29 is 46.4 Å². The first-order chi connectivity index (χ1) is 4.83. The third-order valence-electron chi connectivity index (χ3n) is 2.83. The van der Waals surface area contributed by atoms with E-state index in [1.807, 2.05) is 0 Å². The minimum Gasteiger partial charge on any atom is -0.565 e. The van der Waals surface area contributed by atoms with Crippen LogP contribution < -0.4 is 0 Å². The number of aliphatic hydroxyl groups is 1. The molecule has 63 valence electrons. The van der Waals surface area contributed by atoms with Gasteiger partial charge in [0.25, 0.3) is 0 Å². The van der Waals surface area contributed by atoms with E-state index in [2.05, 4.69) is 6.92 Å². The molecule has 1 rings (SSSR count). The molecule has 0 spiro atoms. The molecule has 0 aromatic rings. The van der Waals surface area contributed by atoms with Gasteiger partial charge >= 0.3 is 0 Å². The predicted octanol–water partition coefficient (Wildman–Crippen LogP) is 2.88. The topological polar surface area (TPSA) is 20.2 Å². The molecule has 1 radical (unpaired) electrons. The molecular weight excluding hydrogens is 265 g/mol. The zero-order chi connectivity index (χ0) is 7.45. The minimum atomic E-state index is 0. The summed E-state index contributed by atoms with van der Waals surface area (Å²) in [5.41, 5.74) is 0.193. The van der Waals surface area contributed by atoms with Crippen molar-refractivity contribution >= 4 is 0 Å². The van der Waals surface area contributed by atoms with Gasteiger partial charge in [0.05, 0.1) is 0 Å². The van der Waals surface area contributed by atoms with Crippen LogP contribution in [0.3, 0.4) is 0 Å². The Morgan fingerprint density at radius 3 is 2.09 bits per heavy atom. The van der Waals surface area contributed by atoms with Crippen LogP contribution in [-0.4, -0.2) is 5.11 Å². The van der Waals surface area contributed by atoms with Crippen LogP contribution in [0, 0.1) is 53.3 Å². The van der Waals surface area contributed by atoms with Crippen LogP contribution in [-0.2, 0) is 0 Å². The van der Waals surface area contributed by atoms with E-state index in [1.165, 1.54) is 38.7 Å². The smallest absolute Gasteiger partial charge is 0 e. The molecule has 1 aliphatic carbocycles. The fraction of sp³-hybridized carbons (Fsp3) is 0.889. The van der Waals surface area contributed by atoms with Gasteiger partial charge < -0.3 is 5.11 Å². The molecule has 0 saturated heterocycles. The molecule has 2 heteroatoms. The SMILES string of the molecule is CCC1([CH-]O)CCCCC1.[Pr]. The van der Waals surface area contributed by atoms with Crippen LogP contribution in [0.5, 0.6) is 0 Å². The molecule has 0 atom stereocenters. The zero-order valence-electron chi connectivity index (χ0n) is 7.34. The van der Waals surface area contributed by atoms with E-state index in [-0.39, 0.29) is 46.7 Å². The molecular formula is C9H17OPr-. The van der Waals surface area contributed by atoms with Gasteiger partial charge in [-0.25, -0.2) is 6.61 Å². The fourth-order valence-electron chi connectivity index (χ4n) is 1.83. The van der Waals surface area contributed by atoms with Crippen LogP contribution in [0.15, 0.2) is 0 Å². The Morgan fingerprint density at radius 1 is 1.27 bits per heavy atom. The molecule has 1 aliphatic rings. The Bertz CT molecular complexity index is 91.7. The maximum absolute atomic E-state index is 9.02. The van der Waals surface area contributed by atoms with Crippen molar-refractivity contribution in [2.24, 2.45) is 5.41 Å². The molecule has 11 heavy (non-hydrogen) atoms. The van der Waals surface area contributed by atoms with E-state index in [9.17, 15) is 0 Å². The maximum Gasteiger partial charge on any atom is 0 e. The Balaban J connectivity index is 0.000001000. The van der Waals surface area contributed by atoms with Crippen LogP contribution in [0.1, 0.15) is 45.4 Å². The third-order valence-corrected chi connectivity index (χ3v) is 2.83. The molecule has 1 fully saturated rings. The van der Waals surface area contributed by atoms with E-state index >= 15 is 0 Å². The van der Waals surface area contributed by atoms with Crippen LogP contribution in [0.2, 0.25) is 0 Å². The Kier molecular flexibility index (Phi) is 6.59. The molecule has 0 amide bonds. The molecule has 0 aromatic carbocycles. The average molecular weight is 282 g/mol. The van der Waals surface area contributed by atoms with Gasteiger partial charge in [0, 0.05) is 41.3 Å². The molecule has 1 saturated carbocycles. The number of rotatable bonds is 2. The van der Waals surface area contributed by atoms with E-state index in [4.69, 9.17) is 5.11 Å². The van der Waals surface area contributed by atoms with E-state index in [0.717, 1.165) is 6.42 Å². The van der Waals surface area contributed by atoms with Crippen molar-refractivity contribution in [2.75, 3.05) is 0 Å². The van der Waals surface area contributed by atoms with Gasteiger partial charge in [-0.2, -0.15) is 0 Å². The van der Waals surface area contributed by atoms with Crippen molar-refractivity contribution in [1.29, 1.82) is 0 Å². The van der Waals surface area contributed by atoms with Gasteiger partial charge in [-0.1, -0.05) is 45.4 Å². The average Bonchev–Trinajstić information content (AvgIpc) is 2.06. The van der Waals surface area contributed by atoms with Gasteiger partial charge in [0.1, 0.15) is 0 Å². The number of hydrogen-bond acceptors (Lipinski definition) is 1. The van der Waals surface area contributed by atoms with Gasteiger partial charge in [0.2, 0.25) is 0 Å². The maximum atomic E-state index is 9.02. The molecule has 0 aromatic heterocycles. The van der Waals surface area contributed by atoms with E-state index in [1.54, 1.807) is 0 Å². The van der Waals surface area contributed by atoms with Gasteiger partial charge in [0.15, 0.2) is 0 Å². The molecule has 0 unspecified atom stereocenters. The summed E-state index contributed by atoms with van der Waals surface area (Å²) in [5.74, 6) is 0. The van der Waals surface area contributed by atoms with Crippen LogP contribution in [0.4, 0.5) is 0 Å². The molecule has 0 bridgehead atoms. The van der Waals surface area contributed by atoms with E-state index in [0.29, 0.717) is 0 Å². The third kappa shape index (κ3) is 3.28. The van der Waals surface area contributed by atoms with Crippen molar-refractivity contribution in [1.82, 2.24) is 0 Å². The summed E-state index contributed by atoms with van der Waals surface area (Å²) in [7, 11) is 0. The summed E-state index contributed by atoms with van der Waals surface area (Å²) in [6.45, 7) is 3.60. The largest absolute Gasteiger partial charge is 0.565 e. The summed E-state index contributed by atoms with van der Waals surface area (Å²) >= 11 is 0. The fourth-order valence-corrected chi connectivity index (χ4v) is 1.83. The Morgan fingerprint density at radius 2 is 1.82 bits per heavy atom. The second-order valence-electron chi connectivity index (χ2n) is 3.41. The second kappa shape index (κ2) is 5.88. The van der Waals surface area contributed by atoms with Crippen molar-refractivity contribution in [3.8, 4) is 0 Å². The van der Waals surface area contributed by atoms with Gasteiger partial charge in [-0.3, -0.25) is 0 Å². The quantitative estimate of drug-likeness (QED) is 0.772. The summed E-state index contributed by atoms with van der Waals surface area (Å²) in [6.07, 6.45) is 7.44. The van der Waals surface area contributed by atoms with Crippen LogP contribution in [0.25, 0.3) is 0 Å². The number of hydrogen-bond donors (Lipinski definition) is 1. The van der Waals surface area contributed by atoms with Gasteiger partial charge in [-0.05, 0) is 0 Å². The molecule has 1 N–H and O–H groups in total. The van der Waals surface area contributed by atoms with E-state index < -0.39 is 0 Å². The van der Waals surface area contributed by atoms with Crippen LogP contribution >= 0.6 is 0 Å². The second-order valence-corrected chi connectivity index (χ2v) is 3.41. The monoisotopic (exact) mass is 282 g/mol. The minimum absolute atomic E-state index is 0. The Labute approximate surface area is 103 Å². The standard InChI is InChI=1S/C9H17O.Pr/c1-2-9(8-10)6-4-3-5-7-9;/h8,10H,2-7H2,1H3;/q-1;.